The van der Waals surface area contributed by atoms with Gasteiger partial charge in [-0.1, -0.05) is 60.7 Å². The molecule has 1 heterocycles. The van der Waals surface area contributed by atoms with E-state index in [0.29, 0.717) is 31.6 Å². The number of rotatable bonds is 6. The highest BCUT2D eigenvalue weighted by Crippen LogP contribution is 2.17. The first kappa shape index (κ1) is 25.2. The lowest BCUT2D eigenvalue weighted by molar-refractivity contribution is -0.135. The van der Waals surface area contributed by atoms with Crippen molar-refractivity contribution in [3.05, 3.63) is 83.9 Å². The van der Waals surface area contributed by atoms with Crippen LogP contribution in [0.5, 0.6) is 0 Å². The summed E-state index contributed by atoms with van der Waals surface area (Å²) in [5.74, 6) is -0.415. The third-order valence-electron chi connectivity index (χ3n) is 6.51. The number of fused-ring (bicyclic) bond motifs is 1. The van der Waals surface area contributed by atoms with Gasteiger partial charge in [0.15, 0.2) is 0 Å². The molecule has 1 aliphatic rings. The van der Waals surface area contributed by atoms with Gasteiger partial charge in [-0.2, -0.15) is 0 Å². The van der Waals surface area contributed by atoms with Gasteiger partial charge in [-0.15, -0.1) is 0 Å². The smallest absolute Gasteiger partial charge is 0.317 e. The summed E-state index contributed by atoms with van der Waals surface area (Å²) in [5.41, 5.74) is 1.49. The zero-order valence-corrected chi connectivity index (χ0v) is 21.1. The first-order valence-electron chi connectivity index (χ1n) is 12.5. The van der Waals surface area contributed by atoms with Crippen molar-refractivity contribution in [2.75, 3.05) is 19.6 Å². The Kier molecular flexibility index (Phi) is 7.88. The number of amides is 4. The third kappa shape index (κ3) is 6.03. The fourth-order valence-electron chi connectivity index (χ4n) is 4.63. The largest absolute Gasteiger partial charge is 0.340 e. The van der Waals surface area contributed by atoms with Gasteiger partial charge in [0.05, 0.1) is 0 Å². The first-order valence-corrected chi connectivity index (χ1v) is 12.5. The lowest BCUT2D eigenvalue weighted by Crippen LogP contribution is -2.61. The molecule has 2 atom stereocenters. The van der Waals surface area contributed by atoms with Crippen LogP contribution in [-0.2, 0) is 11.2 Å². The van der Waals surface area contributed by atoms with Crippen LogP contribution in [0.3, 0.4) is 0 Å². The Morgan fingerprint density at radius 1 is 0.889 bits per heavy atom. The summed E-state index contributed by atoms with van der Waals surface area (Å²) in [6.07, 6.45) is 0.390. The molecule has 4 rings (SSSR count). The average molecular weight is 487 g/mol. The fourth-order valence-corrected chi connectivity index (χ4v) is 4.63. The molecular weight excluding hydrogens is 452 g/mol. The number of piperazine rings is 1. The Morgan fingerprint density at radius 3 is 2.28 bits per heavy atom. The van der Waals surface area contributed by atoms with Gasteiger partial charge in [0, 0.05) is 43.7 Å². The molecule has 0 radical (unpaired) electrons. The van der Waals surface area contributed by atoms with E-state index >= 15 is 0 Å². The molecule has 4 amide bonds. The number of hydrogen-bond acceptors (Lipinski definition) is 3. The number of nitrogens with zero attached hydrogens (tertiary/aromatic N) is 2. The Morgan fingerprint density at radius 2 is 1.58 bits per heavy atom. The van der Waals surface area contributed by atoms with Gasteiger partial charge in [0.25, 0.3) is 5.91 Å². The molecule has 1 aliphatic heterocycles. The topological polar surface area (TPSA) is 81.8 Å². The molecule has 2 N–H and O–H groups in total. The minimum Gasteiger partial charge on any atom is -0.340 e. The van der Waals surface area contributed by atoms with Crippen LogP contribution in [0.4, 0.5) is 4.79 Å². The van der Waals surface area contributed by atoms with Crippen LogP contribution in [0, 0.1) is 0 Å². The van der Waals surface area contributed by atoms with E-state index in [2.05, 4.69) is 10.6 Å². The maximum atomic E-state index is 13.7. The van der Waals surface area contributed by atoms with Crippen LogP contribution < -0.4 is 10.6 Å². The van der Waals surface area contributed by atoms with E-state index in [4.69, 9.17) is 0 Å². The van der Waals surface area contributed by atoms with E-state index in [1.807, 2.05) is 87.5 Å². The predicted octanol–water partition coefficient (Wildman–Crippen LogP) is 3.83. The maximum absolute atomic E-state index is 13.7. The molecule has 188 valence electrons. The van der Waals surface area contributed by atoms with E-state index in [1.165, 1.54) is 0 Å². The highest BCUT2D eigenvalue weighted by molar-refractivity contribution is 6.00. The standard InChI is InChI=1S/C29H34N4O3/c1-20(2)30-29(36)33-16-15-32(19-21(33)3)28(35)26(17-22-9-5-4-6-10-22)31-27(34)25-14-13-23-11-7-8-12-24(23)18-25/h4-14,18,20-21,26H,15-17,19H2,1-3H3,(H,30,36)(H,31,34). The lowest BCUT2D eigenvalue weighted by atomic mass is 10.0. The summed E-state index contributed by atoms with van der Waals surface area (Å²) in [7, 11) is 0. The number of hydrogen-bond donors (Lipinski definition) is 2. The van der Waals surface area contributed by atoms with Gasteiger partial charge >= 0.3 is 6.03 Å². The quantitative estimate of drug-likeness (QED) is 0.556. The van der Waals surface area contributed by atoms with Crippen LogP contribution >= 0.6 is 0 Å². The van der Waals surface area contributed by atoms with Gasteiger partial charge in [-0.05, 0) is 49.2 Å². The highest BCUT2D eigenvalue weighted by atomic mass is 16.2. The average Bonchev–Trinajstić information content (AvgIpc) is 2.87. The van der Waals surface area contributed by atoms with Crippen molar-refractivity contribution in [1.82, 2.24) is 20.4 Å². The molecule has 3 aromatic carbocycles. The van der Waals surface area contributed by atoms with Crippen LogP contribution in [0.1, 0.15) is 36.7 Å². The SMILES string of the molecule is CC(C)NC(=O)N1CCN(C(=O)C(Cc2ccccc2)NC(=O)c2ccc3ccccc3c2)CC1C. The molecule has 0 spiro atoms. The monoisotopic (exact) mass is 486 g/mol. The van der Waals surface area contributed by atoms with E-state index in [0.717, 1.165) is 16.3 Å². The zero-order valence-electron chi connectivity index (χ0n) is 21.1. The number of carbonyl (C=O) groups is 3. The number of nitrogens with one attached hydrogen (secondary N) is 2. The molecule has 1 fully saturated rings. The second-order valence-corrected chi connectivity index (χ2v) is 9.71. The summed E-state index contributed by atoms with van der Waals surface area (Å²) in [6, 6.07) is 22.2. The normalized spacial score (nSPS) is 16.6. The Hall–Kier alpha value is -3.87. The maximum Gasteiger partial charge on any atom is 0.317 e. The second kappa shape index (κ2) is 11.2. The van der Waals surface area contributed by atoms with Crippen LogP contribution in [-0.4, -0.2) is 65.4 Å². The first-order chi connectivity index (χ1) is 17.3. The predicted molar refractivity (Wildman–Crippen MR) is 142 cm³/mol. The molecule has 7 nitrogen and oxygen atoms in total. The van der Waals surface area contributed by atoms with Crippen molar-refractivity contribution in [2.45, 2.75) is 45.3 Å². The van der Waals surface area contributed by atoms with Gasteiger partial charge in [-0.25, -0.2) is 4.79 Å². The van der Waals surface area contributed by atoms with Gasteiger partial charge in [0.2, 0.25) is 5.91 Å². The summed E-state index contributed by atoms with van der Waals surface area (Å²) >= 11 is 0. The van der Waals surface area contributed by atoms with Gasteiger partial charge in [-0.3, -0.25) is 9.59 Å². The number of carbonyl (C=O) groups excluding carboxylic acids is 3. The molecule has 2 unspecified atom stereocenters. The van der Waals surface area contributed by atoms with Gasteiger partial charge < -0.3 is 20.4 Å². The van der Waals surface area contributed by atoms with Crippen molar-refractivity contribution >= 4 is 28.6 Å². The van der Waals surface area contributed by atoms with Crippen LogP contribution in [0.2, 0.25) is 0 Å². The number of benzene rings is 3. The van der Waals surface area contributed by atoms with E-state index < -0.39 is 6.04 Å². The Balaban J connectivity index is 1.50. The summed E-state index contributed by atoms with van der Waals surface area (Å²) in [6.45, 7) is 7.08. The molecule has 0 aliphatic carbocycles. The van der Waals surface area contributed by atoms with Crippen LogP contribution in [0.15, 0.2) is 72.8 Å². The van der Waals surface area contributed by atoms with Crippen molar-refractivity contribution in [2.24, 2.45) is 0 Å². The summed E-state index contributed by atoms with van der Waals surface area (Å²) in [4.78, 5) is 43.0. The van der Waals surface area contributed by atoms with Crippen molar-refractivity contribution in [1.29, 1.82) is 0 Å². The molecular formula is C29H34N4O3. The summed E-state index contributed by atoms with van der Waals surface area (Å²) < 4.78 is 0. The molecule has 1 saturated heterocycles. The van der Waals surface area contributed by atoms with E-state index in [-0.39, 0.29) is 29.9 Å². The second-order valence-electron chi connectivity index (χ2n) is 9.71. The zero-order chi connectivity index (χ0) is 25.7. The molecule has 7 heteroatoms. The van der Waals surface area contributed by atoms with Gasteiger partial charge in [0.1, 0.15) is 6.04 Å². The fraction of sp³-hybridized carbons (Fsp3) is 0.345. The molecule has 0 aromatic heterocycles. The lowest BCUT2D eigenvalue weighted by Gasteiger charge is -2.41. The summed E-state index contributed by atoms with van der Waals surface area (Å²) in [5, 5.41) is 7.95. The highest BCUT2D eigenvalue weighted by Gasteiger charge is 2.33. The molecule has 0 saturated carbocycles. The molecule has 0 bridgehead atoms. The third-order valence-corrected chi connectivity index (χ3v) is 6.51. The number of urea groups is 1. The van der Waals surface area contributed by atoms with Crippen LogP contribution in [0.25, 0.3) is 10.8 Å². The van der Waals surface area contributed by atoms with Crippen molar-refractivity contribution in [3.8, 4) is 0 Å². The van der Waals surface area contributed by atoms with E-state index in [1.54, 1.807) is 15.9 Å². The van der Waals surface area contributed by atoms with Crippen molar-refractivity contribution in [3.63, 3.8) is 0 Å². The minimum atomic E-state index is -0.713. The Bertz CT molecular complexity index is 1230. The van der Waals surface area contributed by atoms with E-state index in [9.17, 15) is 14.4 Å². The minimum absolute atomic E-state index is 0.0462. The van der Waals surface area contributed by atoms with Crippen molar-refractivity contribution < 1.29 is 14.4 Å². The molecule has 36 heavy (non-hydrogen) atoms. The Labute approximate surface area is 212 Å². The molecule has 3 aromatic rings.